The maximum Gasteiger partial charge on any atom is 0.240 e. The van der Waals surface area contributed by atoms with Gasteiger partial charge in [0.25, 0.3) is 0 Å². The van der Waals surface area contributed by atoms with Crippen LogP contribution < -0.4 is 0 Å². The third-order valence-electron chi connectivity index (χ3n) is 3.12. The predicted molar refractivity (Wildman–Crippen MR) is 72.2 cm³/mol. The molecule has 0 radical (unpaired) electrons. The molecule has 1 aromatic carbocycles. The summed E-state index contributed by atoms with van der Waals surface area (Å²) in [6.45, 7) is 3.56. The summed E-state index contributed by atoms with van der Waals surface area (Å²) < 4.78 is 0. The molecule has 17 heavy (non-hydrogen) atoms. The van der Waals surface area contributed by atoms with Crippen molar-refractivity contribution in [3.63, 3.8) is 0 Å². The largest absolute Gasteiger partial charge is 0.339 e. The Balaban J connectivity index is 2.00. The number of carbonyl (C=O) groups is 1. The van der Waals surface area contributed by atoms with Gasteiger partial charge in [-0.25, -0.2) is 0 Å². The molecule has 1 aliphatic rings. The van der Waals surface area contributed by atoms with Gasteiger partial charge in [-0.2, -0.15) is 0 Å². The van der Waals surface area contributed by atoms with Crippen molar-refractivity contribution in [2.75, 3.05) is 33.2 Å². The summed E-state index contributed by atoms with van der Waals surface area (Å²) in [6, 6.07) is 9.84. The van der Waals surface area contributed by atoms with Crippen LogP contribution in [0.4, 0.5) is 0 Å². The van der Waals surface area contributed by atoms with Gasteiger partial charge in [0.2, 0.25) is 5.91 Å². The molecular formula is C13H17BrN2O. The molecule has 1 aliphatic heterocycles. The number of halogens is 1. The van der Waals surface area contributed by atoms with Crippen LogP contribution in [0.25, 0.3) is 0 Å². The molecule has 1 unspecified atom stereocenters. The topological polar surface area (TPSA) is 23.6 Å². The van der Waals surface area contributed by atoms with Gasteiger partial charge < -0.3 is 9.80 Å². The van der Waals surface area contributed by atoms with Crippen LogP contribution in [0, 0.1) is 0 Å². The Morgan fingerprint density at radius 3 is 2.35 bits per heavy atom. The molecule has 1 saturated heterocycles. The van der Waals surface area contributed by atoms with Crippen molar-refractivity contribution < 1.29 is 4.79 Å². The van der Waals surface area contributed by atoms with Crippen LogP contribution in [0.5, 0.6) is 0 Å². The average Bonchev–Trinajstić information content (AvgIpc) is 2.39. The molecule has 0 bridgehead atoms. The Bertz CT molecular complexity index is 374. The van der Waals surface area contributed by atoms with E-state index < -0.39 is 0 Å². The van der Waals surface area contributed by atoms with Crippen molar-refractivity contribution in [3.05, 3.63) is 35.9 Å². The van der Waals surface area contributed by atoms with E-state index in [9.17, 15) is 4.79 Å². The van der Waals surface area contributed by atoms with E-state index >= 15 is 0 Å². The van der Waals surface area contributed by atoms with Gasteiger partial charge in [0.1, 0.15) is 4.83 Å². The molecule has 0 aromatic heterocycles. The zero-order valence-electron chi connectivity index (χ0n) is 9.97. The number of nitrogens with zero attached hydrogens (tertiary/aromatic N) is 2. The average molecular weight is 297 g/mol. The van der Waals surface area contributed by atoms with Crippen molar-refractivity contribution in [1.29, 1.82) is 0 Å². The Kier molecular flexibility index (Phi) is 4.18. The van der Waals surface area contributed by atoms with Crippen molar-refractivity contribution in [1.82, 2.24) is 9.80 Å². The molecule has 3 nitrogen and oxygen atoms in total. The van der Waals surface area contributed by atoms with E-state index in [1.165, 1.54) is 0 Å². The van der Waals surface area contributed by atoms with E-state index in [4.69, 9.17) is 0 Å². The summed E-state index contributed by atoms with van der Waals surface area (Å²) in [5.74, 6) is 0.171. The zero-order chi connectivity index (χ0) is 12.3. The quantitative estimate of drug-likeness (QED) is 0.778. The maximum absolute atomic E-state index is 12.3. The number of hydrogen-bond acceptors (Lipinski definition) is 2. The van der Waals surface area contributed by atoms with E-state index in [0.29, 0.717) is 0 Å². The Hall–Kier alpha value is -0.870. The van der Waals surface area contributed by atoms with E-state index in [1.807, 2.05) is 35.2 Å². The van der Waals surface area contributed by atoms with Gasteiger partial charge in [-0.05, 0) is 12.6 Å². The van der Waals surface area contributed by atoms with Crippen molar-refractivity contribution in [3.8, 4) is 0 Å². The van der Waals surface area contributed by atoms with Gasteiger partial charge in [0, 0.05) is 26.2 Å². The summed E-state index contributed by atoms with van der Waals surface area (Å²) >= 11 is 3.50. The Morgan fingerprint density at radius 1 is 1.18 bits per heavy atom. The highest BCUT2D eigenvalue weighted by Crippen LogP contribution is 2.25. The molecule has 0 saturated carbocycles. The number of piperazine rings is 1. The summed E-state index contributed by atoms with van der Waals surface area (Å²) in [6.07, 6.45) is 0. The van der Waals surface area contributed by atoms with E-state index in [1.54, 1.807) is 0 Å². The fourth-order valence-electron chi connectivity index (χ4n) is 1.95. The number of likely N-dealkylation sites (N-methyl/N-ethyl adjacent to an activating group) is 1. The number of hydrogen-bond donors (Lipinski definition) is 0. The highest BCUT2D eigenvalue weighted by Gasteiger charge is 2.25. The lowest BCUT2D eigenvalue weighted by atomic mass is 10.1. The van der Waals surface area contributed by atoms with Gasteiger partial charge in [0.05, 0.1) is 0 Å². The minimum absolute atomic E-state index is 0.171. The van der Waals surface area contributed by atoms with Gasteiger partial charge in [-0.1, -0.05) is 46.3 Å². The first-order valence-corrected chi connectivity index (χ1v) is 6.76. The lowest BCUT2D eigenvalue weighted by Crippen LogP contribution is -2.48. The lowest BCUT2D eigenvalue weighted by Gasteiger charge is -2.33. The normalized spacial score (nSPS) is 19.1. The van der Waals surface area contributed by atoms with Crippen molar-refractivity contribution >= 4 is 21.8 Å². The predicted octanol–water partition coefficient (Wildman–Crippen LogP) is 1.90. The molecule has 1 amide bonds. The van der Waals surface area contributed by atoms with Gasteiger partial charge in [-0.3, -0.25) is 4.79 Å². The molecule has 0 spiro atoms. The fourth-order valence-corrected chi connectivity index (χ4v) is 2.55. The van der Waals surface area contributed by atoms with Crippen LogP contribution in [0.15, 0.2) is 30.3 Å². The second-order valence-electron chi connectivity index (χ2n) is 4.40. The standard InChI is InChI=1S/C13H17BrN2O/c1-15-7-9-16(10-8-15)13(17)12(14)11-5-3-2-4-6-11/h2-6,12H,7-10H2,1H3. The molecule has 1 fully saturated rings. The highest BCUT2D eigenvalue weighted by molar-refractivity contribution is 9.09. The van der Waals surface area contributed by atoms with Crippen LogP contribution in [0.1, 0.15) is 10.4 Å². The second-order valence-corrected chi connectivity index (χ2v) is 5.32. The second kappa shape index (κ2) is 5.65. The molecule has 0 aliphatic carbocycles. The highest BCUT2D eigenvalue weighted by atomic mass is 79.9. The van der Waals surface area contributed by atoms with E-state index in [0.717, 1.165) is 31.7 Å². The number of alkyl halides is 1. The fraction of sp³-hybridized carbons (Fsp3) is 0.462. The minimum atomic E-state index is -0.216. The van der Waals surface area contributed by atoms with E-state index in [2.05, 4.69) is 27.9 Å². The third kappa shape index (κ3) is 3.07. The van der Waals surface area contributed by atoms with Crippen LogP contribution >= 0.6 is 15.9 Å². The maximum atomic E-state index is 12.3. The summed E-state index contributed by atoms with van der Waals surface area (Å²) in [4.78, 5) is 16.2. The van der Waals surface area contributed by atoms with Gasteiger partial charge >= 0.3 is 0 Å². The zero-order valence-corrected chi connectivity index (χ0v) is 11.6. The van der Waals surface area contributed by atoms with Crippen LogP contribution in [-0.4, -0.2) is 48.9 Å². The van der Waals surface area contributed by atoms with Crippen LogP contribution in [0.3, 0.4) is 0 Å². The first kappa shape index (κ1) is 12.6. The molecule has 92 valence electrons. The molecule has 2 rings (SSSR count). The molecule has 1 heterocycles. The first-order chi connectivity index (χ1) is 8.18. The van der Waals surface area contributed by atoms with Gasteiger partial charge in [-0.15, -0.1) is 0 Å². The third-order valence-corrected chi connectivity index (χ3v) is 4.04. The summed E-state index contributed by atoms with van der Waals surface area (Å²) in [5, 5.41) is 0. The SMILES string of the molecule is CN1CCN(C(=O)C(Br)c2ccccc2)CC1. The molecular weight excluding hydrogens is 280 g/mol. The molecule has 0 N–H and O–H groups in total. The number of amides is 1. The first-order valence-electron chi connectivity index (χ1n) is 5.85. The molecule has 4 heteroatoms. The molecule has 1 aromatic rings. The number of benzene rings is 1. The number of rotatable bonds is 2. The lowest BCUT2D eigenvalue weighted by molar-refractivity contribution is -0.132. The minimum Gasteiger partial charge on any atom is -0.339 e. The van der Waals surface area contributed by atoms with Gasteiger partial charge in [0.15, 0.2) is 0 Å². The van der Waals surface area contributed by atoms with Crippen LogP contribution in [0.2, 0.25) is 0 Å². The monoisotopic (exact) mass is 296 g/mol. The van der Waals surface area contributed by atoms with Crippen molar-refractivity contribution in [2.45, 2.75) is 4.83 Å². The smallest absolute Gasteiger partial charge is 0.240 e. The van der Waals surface area contributed by atoms with Crippen LogP contribution in [-0.2, 0) is 4.79 Å². The summed E-state index contributed by atoms with van der Waals surface area (Å²) in [5.41, 5.74) is 1.02. The molecule has 1 atom stereocenters. The Morgan fingerprint density at radius 2 is 1.76 bits per heavy atom. The van der Waals surface area contributed by atoms with E-state index in [-0.39, 0.29) is 10.7 Å². The Labute approximate surface area is 111 Å². The number of carbonyl (C=O) groups excluding carboxylic acids is 1. The summed E-state index contributed by atoms with van der Waals surface area (Å²) in [7, 11) is 2.09. The van der Waals surface area contributed by atoms with Crippen molar-refractivity contribution in [2.24, 2.45) is 0 Å².